The van der Waals surface area contributed by atoms with E-state index in [4.69, 9.17) is 0 Å². The molecule has 6 heteroatoms. The number of aryl methyl sites for hydroxylation is 2. The second-order valence-corrected chi connectivity index (χ2v) is 6.15. The minimum atomic E-state index is 0.0954. The SMILES string of the molecule is CCCCN(C(=O)Cc1nc2nc(C)cc(C)n2n1)C(C)CC. The van der Waals surface area contributed by atoms with Crippen LogP contribution in [0.2, 0.25) is 0 Å². The first-order valence-electron chi connectivity index (χ1n) is 8.45. The second kappa shape index (κ2) is 7.53. The molecule has 23 heavy (non-hydrogen) atoms. The number of rotatable bonds is 7. The lowest BCUT2D eigenvalue weighted by atomic mass is 10.1. The van der Waals surface area contributed by atoms with Crippen LogP contribution < -0.4 is 0 Å². The molecule has 0 saturated heterocycles. The highest BCUT2D eigenvalue weighted by molar-refractivity contribution is 5.78. The number of unbranched alkanes of at least 4 members (excludes halogenated alkanes) is 1. The van der Waals surface area contributed by atoms with Gasteiger partial charge >= 0.3 is 0 Å². The average molecular weight is 317 g/mol. The maximum atomic E-state index is 12.7. The third kappa shape index (κ3) is 4.06. The van der Waals surface area contributed by atoms with Gasteiger partial charge in [0.05, 0.1) is 6.42 Å². The first-order valence-corrected chi connectivity index (χ1v) is 8.45. The van der Waals surface area contributed by atoms with E-state index in [1.165, 1.54) is 0 Å². The fourth-order valence-corrected chi connectivity index (χ4v) is 2.66. The Kier molecular flexibility index (Phi) is 5.69. The van der Waals surface area contributed by atoms with E-state index in [9.17, 15) is 4.79 Å². The number of hydrogen-bond acceptors (Lipinski definition) is 4. The summed E-state index contributed by atoms with van der Waals surface area (Å²) in [5, 5.41) is 4.44. The standard InChI is InChI=1S/C17H27N5O/c1-6-8-9-21(13(4)7-2)16(23)11-15-19-17-18-12(3)10-14(5)22(17)20-15/h10,13H,6-9,11H2,1-5H3. The number of aromatic nitrogens is 4. The van der Waals surface area contributed by atoms with Crippen LogP contribution in [0.5, 0.6) is 0 Å². The summed E-state index contributed by atoms with van der Waals surface area (Å²) in [6.45, 7) is 11.0. The molecule has 2 aromatic heterocycles. The molecule has 0 fully saturated rings. The van der Waals surface area contributed by atoms with E-state index in [-0.39, 0.29) is 18.4 Å². The Bertz CT molecular complexity index is 679. The fraction of sp³-hybridized carbons (Fsp3) is 0.647. The van der Waals surface area contributed by atoms with Crippen LogP contribution in [0.1, 0.15) is 57.2 Å². The van der Waals surface area contributed by atoms with Crippen molar-refractivity contribution >= 4 is 11.7 Å². The predicted octanol–water partition coefficient (Wildman–Crippen LogP) is 2.71. The lowest BCUT2D eigenvalue weighted by Gasteiger charge is -2.28. The van der Waals surface area contributed by atoms with Crippen molar-refractivity contribution < 1.29 is 4.79 Å². The van der Waals surface area contributed by atoms with Crippen LogP contribution in [-0.2, 0) is 11.2 Å². The first kappa shape index (κ1) is 17.4. The Morgan fingerprint density at radius 3 is 2.70 bits per heavy atom. The van der Waals surface area contributed by atoms with Crippen LogP contribution in [-0.4, -0.2) is 43.0 Å². The van der Waals surface area contributed by atoms with Crippen molar-refractivity contribution in [3.8, 4) is 0 Å². The van der Waals surface area contributed by atoms with Crippen molar-refractivity contribution in [2.24, 2.45) is 0 Å². The van der Waals surface area contributed by atoms with E-state index in [1.807, 2.05) is 24.8 Å². The van der Waals surface area contributed by atoms with Crippen LogP contribution in [0.15, 0.2) is 6.07 Å². The normalized spacial score (nSPS) is 12.6. The molecular weight excluding hydrogens is 290 g/mol. The molecule has 2 rings (SSSR count). The van der Waals surface area contributed by atoms with Gasteiger partial charge in [0.2, 0.25) is 5.91 Å². The zero-order valence-electron chi connectivity index (χ0n) is 14.8. The molecule has 2 heterocycles. The van der Waals surface area contributed by atoms with Crippen LogP contribution in [0.25, 0.3) is 5.78 Å². The summed E-state index contributed by atoms with van der Waals surface area (Å²) in [7, 11) is 0. The molecule has 1 amide bonds. The van der Waals surface area contributed by atoms with E-state index < -0.39 is 0 Å². The van der Waals surface area contributed by atoms with Crippen molar-refractivity contribution in [1.82, 2.24) is 24.5 Å². The Morgan fingerprint density at radius 2 is 2.04 bits per heavy atom. The predicted molar refractivity (Wildman–Crippen MR) is 90.3 cm³/mol. The van der Waals surface area contributed by atoms with Crippen molar-refractivity contribution in [3.05, 3.63) is 23.3 Å². The minimum Gasteiger partial charge on any atom is -0.340 e. The van der Waals surface area contributed by atoms with Gasteiger partial charge < -0.3 is 4.90 Å². The summed E-state index contributed by atoms with van der Waals surface area (Å²) in [6.07, 6.45) is 3.29. The number of amides is 1. The third-order valence-corrected chi connectivity index (χ3v) is 4.17. The molecule has 0 saturated carbocycles. The van der Waals surface area contributed by atoms with Crippen LogP contribution in [0.4, 0.5) is 0 Å². The summed E-state index contributed by atoms with van der Waals surface area (Å²) < 4.78 is 1.70. The number of carbonyl (C=O) groups is 1. The molecule has 0 aromatic carbocycles. The average Bonchev–Trinajstić information content (AvgIpc) is 2.89. The van der Waals surface area contributed by atoms with Gasteiger partial charge in [-0.25, -0.2) is 9.50 Å². The molecule has 1 atom stereocenters. The molecule has 0 aliphatic carbocycles. The number of nitrogens with zero attached hydrogens (tertiary/aromatic N) is 5. The molecule has 0 N–H and O–H groups in total. The summed E-state index contributed by atoms with van der Waals surface area (Å²) in [4.78, 5) is 23.4. The van der Waals surface area contributed by atoms with Gasteiger partial charge in [-0.3, -0.25) is 4.79 Å². The van der Waals surface area contributed by atoms with Crippen LogP contribution >= 0.6 is 0 Å². The summed E-state index contributed by atoms with van der Waals surface area (Å²) in [5.74, 6) is 1.20. The lowest BCUT2D eigenvalue weighted by Crippen LogP contribution is -2.40. The maximum absolute atomic E-state index is 12.7. The molecular formula is C17H27N5O. The highest BCUT2D eigenvalue weighted by atomic mass is 16.2. The summed E-state index contributed by atoms with van der Waals surface area (Å²) >= 11 is 0. The molecule has 6 nitrogen and oxygen atoms in total. The third-order valence-electron chi connectivity index (χ3n) is 4.17. The van der Waals surface area contributed by atoms with Crippen molar-refractivity contribution in [2.45, 2.75) is 66.3 Å². The van der Waals surface area contributed by atoms with E-state index in [0.29, 0.717) is 11.6 Å². The topological polar surface area (TPSA) is 63.4 Å². The van der Waals surface area contributed by atoms with Crippen LogP contribution in [0, 0.1) is 13.8 Å². The Morgan fingerprint density at radius 1 is 1.30 bits per heavy atom. The van der Waals surface area contributed by atoms with Gasteiger partial charge in [-0.1, -0.05) is 20.3 Å². The van der Waals surface area contributed by atoms with E-state index in [0.717, 1.165) is 37.2 Å². The van der Waals surface area contributed by atoms with E-state index in [1.54, 1.807) is 4.52 Å². The highest BCUT2D eigenvalue weighted by Gasteiger charge is 2.20. The molecule has 0 spiro atoms. The Labute approximate surface area is 137 Å². The van der Waals surface area contributed by atoms with Crippen molar-refractivity contribution in [3.63, 3.8) is 0 Å². The summed E-state index contributed by atoms with van der Waals surface area (Å²) in [6, 6.07) is 2.20. The minimum absolute atomic E-state index is 0.0954. The number of hydrogen-bond donors (Lipinski definition) is 0. The van der Waals surface area contributed by atoms with Gasteiger partial charge in [-0.2, -0.15) is 4.98 Å². The highest BCUT2D eigenvalue weighted by Crippen LogP contribution is 2.10. The molecule has 0 aliphatic heterocycles. The Balaban J connectivity index is 2.19. The first-order chi connectivity index (χ1) is 11.0. The zero-order valence-corrected chi connectivity index (χ0v) is 14.8. The number of fused-ring (bicyclic) bond motifs is 1. The zero-order chi connectivity index (χ0) is 17.0. The monoisotopic (exact) mass is 317 g/mol. The summed E-state index contributed by atoms with van der Waals surface area (Å²) in [5.41, 5.74) is 1.88. The van der Waals surface area contributed by atoms with Gasteiger partial charge in [-0.05, 0) is 39.7 Å². The van der Waals surface area contributed by atoms with E-state index >= 15 is 0 Å². The lowest BCUT2D eigenvalue weighted by molar-refractivity contribution is -0.132. The van der Waals surface area contributed by atoms with Gasteiger partial charge in [0.25, 0.3) is 5.78 Å². The van der Waals surface area contributed by atoms with Gasteiger partial charge in [0.15, 0.2) is 5.82 Å². The van der Waals surface area contributed by atoms with Crippen molar-refractivity contribution in [1.29, 1.82) is 0 Å². The molecule has 1 unspecified atom stereocenters. The fourth-order valence-electron chi connectivity index (χ4n) is 2.66. The van der Waals surface area contributed by atoms with Crippen LogP contribution in [0.3, 0.4) is 0 Å². The largest absolute Gasteiger partial charge is 0.340 e. The van der Waals surface area contributed by atoms with Gasteiger partial charge in [0.1, 0.15) is 0 Å². The molecule has 0 aliphatic rings. The maximum Gasteiger partial charge on any atom is 0.252 e. The molecule has 0 bridgehead atoms. The number of carbonyl (C=O) groups excluding carboxylic acids is 1. The molecule has 126 valence electrons. The van der Waals surface area contributed by atoms with Gasteiger partial charge in [0, 0.05) is 24.0 Å². The van der Waals surface area contributed by atoms with Gasteiger partial charge in [-0.15, -0.1) is 5.10 Å². The second-order valence-electron chi connectivity index (χ2n) is 6.15. The molecule has 2 aromatic rings. The smallest absolute Gasteiger partial charge is 0.252 e. The Hall–Kier alpha value is -1.98. The van der Waals surface area contributed by atoms with Crippen molar-refractivity contribution in [2.75, 3.05) is 6.54 Å². The van der Waals surface area contributed by atoms with E-state index in [2.05, 4.69) is 35.8 Å². The molecule has 0 radical (unpaired) electrons. The quantitative estimate of drug-likeness (QED) is 0.787.